The fraction of sp³-hybridized carbons (Fsp3) is 0.394. The lowest BCUT2D eigenvalue weighted by Crippen LogP contribution is -2.55. The SMILES string of the molecule is COc1cc(C(=O)Oc2cc3c4c(c2)[C@@]2(C(=O)N4C(C)(C)C[C@H]3C)C(C#N)=C(N)OC3=C2C(=O)CCC3)cc(OC)c1OC. The summed E-state index contributed by atoms with van der Waals surface area (Å²) in [6.45, 7) is 5.95. The van der Waals surface area contributed by atoms with Gasteiger partial charge in [0.2, 0.25) is 17.5 Å². The van der Waals surface area contributed by atoms with E-state index in [1.807, 2.05) is 20.8 Å². The standard InChI is InChI=1S/C33H33N3O8/c1-16-14-32(2,3)36-27-19(16)12-18(43-30(38)17-10-24(40-4)28(42-6)25(11-17)41-5)13-20(27)33(31(36)39)21(15-34)29(35)44-23-9-7-8-22(37)26(23)33/h10-13,16H,7-9,14,35H2,1-6H3/t16-,33-/m1/s1. The van der Waals surface area contributed by atoms with Gasteiger partial charge in [0.1, 0.15) is 28.6 Å². The van der Waals surface area contributed by atoms with Crippen LogP contribution in [0.15, 0.2) is 47.1 Å². The molecule has 44 heavy (non-hydrogen) atoms. The van der Waals surface area contributed by atoms with Crippen LogP contribution < -0.4 is 29.6 Å². The van der Waals surface area contributed by atoms with Gasteiger partial charge in [-0.3, -0.25) is 9.59 Å². The van der Waals surface area contributed by atoms with E-state index in [-0.39, 0.29) is 58.0 Å². The van der Waals surface area contributed by atoms with Crippen LogP contribution in [0.25, 0.3) is 0 Å². The smallest absolute Gasteiger partial charge is 0.343 e. The highest BCUT2D eigenvalue weighted by molar-refractivity contribution is 6.21. The number of nitriles is 1. The van der Waals surface area contributed by atoms with Gasteiger partial charge in [-0.05, 0) is 62.4 Å². The number of fused-ring (bicyclic) bond motifs is 2. The maximum atomic E-state index is 14.8. The van der Waals surface area contributed by atoms with Crippen LogP contribution in [0.4, 0.5) is 5.69 Å². The Morgan fingerprint density at radius 3 is 2.36 bits per heavy atom. The lowest BCUT2D eigenvalue weighted by atomic mass is 9.65. The molecule has 0 unspecified atom stereocenters. The molecule has 0 saturated carbocycles. The summed E-state index contributed by atoms with van der Waals surface area (Å²) in [5.41, 5.74) is 5.69. The lowest BCUT2D eigenvalue weighted by Gasteiger charge is -2.44. The molecule has 11 heteroatoms. The van der Waals surface area contributed by atoms with Crippen molar-refractivity contribution < 1.29 is 38.1 Å². The van der Waals surface area contributed by atoms with Crippen LogP contribution in [-0.2, 0) is 19.7 Å². The minimum Gasteiger partial charge on any atom is -0.493 e. The van der Waals surface area contributed by atoms with Crippen LogP contribution >= 0.6 is 0 Å². The Kier molecular flexibility index (Phi) is 6.65. The van der Waals surface area contributed by atoms with Crippen LogP contribution in [0.5, 0.6) is 23.0 Å². The molecule has 0 radical (unpaired) electrons. The summed E-state index contributed by atoms with van der Waals surface area (Å²) in [5, 5.41) is 10.4. The highest BCUT2D eigenvalue weighted by atomic mass is 16.5. The third-order valence-corrected chi connectivity index (χ3v) is 9.02. The van der Waals surface area contributed by atoms with Crippen molar-refractivity contribution in [2.75, 3.05) is 26.2 Å². The lowest BCUT2D eigenvalue weighted by molar-refractivity contribution is -0.125. The quantitative estimate of drug-likeness (QED) is 0.383. The summed E-state index contributed by atoms with van der Waals surface area (Å²) in [4.78, 5) is 43.8. The summed E-state index contributed by atoms with van der Waals surface area (Å²) >= 11 is 0. The molecule has 6 rings (SSSR count). The average Bonchev–Trinajstić information content (AvgIpc) is 3.24. The predicted octanol–water partition coefficient (Wildman–Crippen LogP) is 4.53. The molecule has 2 aromatic carbocycles. The summed E-state index contributed by atoms with van der Waals surface area (Å²) in [5.74, 6) is -0.397. The zero-order chi connectivity index (χ0) is 31.7. The van der Waals surface area contributed by atoms with E-state index >= 15 is 0 Å². The first-order valence-electron chi connectivity index (χ1n) is 14.3. The number of methoxy groups -OCH3 is 3. The number of Topliss-reactive ketones (excluding diaryl/α,β-unsaturated/α-hetero) is 1. The Balaban J connectivity index is 1.58. The molecular formula is C33H33N3O8. The maximum absolute atomic E-state index is 14.8. The number of hydrogen-bond acceptors (Lipinski definition) is 10. The Bertz CT molecular complexity index is 1740. The minimum atomic E-state index is -1.83. The van der Waals surface area contributed by atoms with E-state index in [1.165, 1.54) is 33.5 Å². The van der Waals surface area contributed by atoms with Crippen LogP contribution in [0.1, 0.15) is 73.9 Å². The van der Waals surface area contributed by atoms with Gasteiger partial charge in [-0.1, -0.05) is 6.92 Å². The van der Waals surface area contributed by atoms with Crippen molar-refractivity contribution >= 4 is 23.3 Å². The number of benzene rings is 2. The maximum Gasteiger partial charge on any atom is 0.343 e. The van der Waals surface area contributed by atoms with Crippen molar-refractivity contribution in [3.63, 3.8) is 0 Å². The normalized spacial score (nSPS) is 23.1. The van der Waals surface area contributed by atoms with Crippen molar-refractivity contribution in [2.45, 2.75) is 63.3 Å². The molecule has 2 aromatic rings. The van der Waals surface area contributed by atoms with Crippen molar-refractivity contribution in [1.29, 1.82) is 5.26 Å². The average molecular weight is 600 g/mol. The summed E-state index contributed by atoms with van der Waals surface area (Å²) < 4.78 is 27.9. The molecule has 3 heterocycles. The molecule has 1 aliphatic carbocycles. The van der Waals surface area contributed by atoms with Gasteiger partial charge in [0.05, 0.1) is 38.2 Å². The van der Waals surface area contributed by atoms with Gasteiger partial charge >= 0.3 is 5.97 Å². The number of rotatable bonds is 5. The fourth-order valence-corrected chi connectivity index (χ4v) is 7.33. The number of anilines is 1. The van der Waals surface area contributed by atoms with E-state index in [9.17, 15) is 19.6 Å². The topological polar surface area (TPSA) is 150 Å². The second-order valence-corrected chi connectivity index (χ2v) is 12.0. The third kappa shape index (κ3) is 3.83. The molecule has 11 nitrogen and oxygen atoms in total. The summed E-state index contributed by atoms with van der Waals surface area (Å²) in [6, 6.07) is 8.38. The molecule has 0 saturated heterocycles. The Hall–Kier alpha value is -4.98. The molecule has 2 atom stereocenters. The molecule has 3 aliphatic heterocycles. The van der Waals surface area contributed by atoms with E-state index in [4.69, 9.17) is 29.4 Å². The Morgan fingerprint density at radius 1 is 1.07 bits per heavy atom. The second kappa shape index (κ2) is 10.0. The summed E-state index contributed by atoms with van der Waals surface area (Å²) in [6.07, 6.45) is 1.72. The highest BCUT2D eigenvalue weighted by Crippen LogP contribution is 2.61. The first-order valence-corrected chi connectivity index (χ1v) is 14.3. The number of carbonyl (C=O) groups excluding carboxylic acids is 3. The molecule has 1 amide bonds. The van der Waals surface area contributed by atoms with E-state index in [2.05, 4.69) is 6.07 Å². The van der Waals surface area contributed by atoms with Gasteiger partial charge in [-0.15, -0.1) is 0 Å². The van der Waals surface area contributed by atoms with Gasteiger partial charge in [0, 0.05) is 23.9 Å². The number of ketones is 1. The van der Waals surface area contributed by atoms with Crippen molar-refractivity contribution in [2.24, 2.45) is 5.73 Å². The van der Waals surface area contributed by atoms with Gasteiger partial charge in [0.15, 0.2) is 17.3 Å². The highest BCUT2D eigenvalue weighted by Gasteiger charge is 2.65. The first-order chi connectivity index (χ1) is 20.9. The van der Waals surface area contributed by atoms with Crippen LogP contribution in [0.3, 0.4) is 0 Å². The van der Waals surface area contributed by atoms with Gasteiger partial charge in [0.25, 0.3) is 0 Å². The van der Waals surface area contributed by atoms with Crippen molar-refractivity contribution in [3.05, 3.63) is 63.7 Å². The monoisotopic (exact) mass is 599 g/mol. The van der Waals surface area contributed by atoms with Gasteiger partial charge in [-0.25, -0.2) is 4.79 Å². The minimum absolute atomic E-state index is 0.0556. The van der Waals surface area contributed by atoms with Gasteiger partial charge < -0.3 is 34.3 Å². The molecule has 1 spiro atoms. The van der Waals surface area contributed by atoms with Crippen LogP contribution in [0.2, 0.25) is 0 Å². The summed E-state index contributed by atoms with van der Waals surface area (Å²) in [7, 11) is 4.35. The molecule has 2 N–H and O–H groups in total. The van der Waals surface area contributed by atoms with E-state index < -0.39 is 22.8 Å². The number of allylic oxidation sites excluding steroid dienone is 1. The van der Waals surface area contributed by atoms with E-state index in [1.54, 1.807) is 17.0 Å². The van der Waals surface area contributed by atoms with Gasteiger partial charge in [-0.2, -0.15) is 5.26 Å². The number of ether oxygens (including phenoxy) is 5. The number of carbonyl (C=O) groups is 3. The molecule has 0 fully saturated rings. The Morgan fingerprint density at radius 2 is 1.75 bits per heavy atom. The van der Waals surface area contributed by atoms with Crippen molar-refractivity contribution in [1.82, 2.24) is 0 Å². The second-order valence-electron chi connectivity index (χ2n) is 12.0. The molecule has 228 valence electrons. The largest absolute Gasteiger partial charge is 0.493 e. The molecule has 0 aromatic heterocycles. The van der Waals surface area contributed by atoms with Crippen molar-refractivity contribution in [3.8, 4) is 29.1 Å². The third-order valence-electron chi connectivity index (χ3n) is 9.02. The first kappa shape index (κ1) is 29.1. The van der Waals surface area contributed by atoms with E-state index in [0.29, 0.717) is 42.0 Å². The zero-order valence-corrected chi connectivity index (χ0v) is 25.5. The zero-order valence-electron chi connectivity index (χ0n) is 25.5. The molecular weight excluding hydrogens is 566 g/mol. The van der Waals surface area contributed by atoms with E-state index in [0.717, 1.165) is 5.56 Å². The number of amides is 1. The molecule has 0 bridgehead atoms. The van der Waals surface area contributed by atoms with Crippen LogP contribution in [0, 0.1) is 11.3 Å². The fourth-order valence-electron chi connectivity index (χ4n) is 7.33. The number of nitrogens with zero attached hydrogens (tertiary/aromatic N) is 2. The Labute approximate surface area is 254 Å². The predicted molar refractivity (Wildman–Crippen MR) is 158 cm³/mol. The number of esters is 1. The number of nitrogens with two attached hydrogens (primary N) is 1. The molecule has 4 aliphatic rings. The number of hydrogen-bond donors (Lipinski definition) is 1. The van der Waals surface area contributed by atoms with Crippen LogP contribution in [-0.4, -0.2) is 44.5 Å².